The second-order valence-corrected chi connectivity index (χ2v) is 7.77. The van der Waals surface area contributed by atoms with Crippen molar-refractivity contribution in [3.05, 3.63) is 42.5 Å². The van der Waals surface area contributed by atoms with Gasteiger partial charge in [0.1, 0.15) is 16.4 Å². The molecule has 0 saturated carbocycles. The molecule has 0 fully saturated rings. The van der Waals surface area contributed by atoms with E-state index in [1.54, 1.807) is 30.9 Å². The zero-order valence-corrected chi connectivity index (χ0v) is 13.1. The van der Waals surface area contributed by atoms with Crippen molar-refractivity contribution in [3.63, 3.8) is 0 Å². The first-order valence-corrected chi connectivity index (χ1v) is 8.62. The van der Waals surface area contributed by atoms with Crippen molar-refractivity contribution < 1.29 is 8.42 Å². The molecule has 6 nitrogen and oxygen atoms in total. The Hall–Kier alpha value is -1.77. The van der Waals surface area contributed by atoms with Gasteiger partial charge in [0.2, 0.25) is 0 Å². The van der Waals surface area contributed by atoms with Crippen molar-refractivity contribution in [2.75, 3.05) is 0 Å². The van der Waals surface area contributed by atoms with E-state index in [1.807, 2.05) is 24.3 Å². The summed E-state index contributed by atoms with van der Waals surface area (Å²) in [7, 11) is -1.80. The number of benzene rings is 1. The first-order valence-electron chi connectivity index (χ1n) is 6.32. The Morgan fingerprint density at radius 3 is 2.76 bits per heavy atom. The number of hydrogen-bond donors (Lipinski definition) is 1. The third kappa shape index (κ3) is 2.69. The monoisotopic (exact) mass is 322 g/mol. The average Bonchev–Trinajstić information content (AvgIpc) is 3.04. The van der Waals surface area contributed by atoms with Crippen molar-refractivity contribution in [2.45, 2.75) is 17.2 Å². The maximum atomic E-state index is 12.5. The van der Waals surface area contributed by atoms with E-state index in [-0.39, 0.29) is 0 Å². The van der Waals surface area contributed by atoms with Crippen molar-refractivity contribution in [1.29, 1.82) is 0 Å². The number of hydrogen-bond acceptors (Lipinski definition) is 5. The van der Waals surface area contributed by atoms with Crippen LogP contribution in [-0.2, 0) is 17.1 Å². The SMILES string of the molecule is C[C@@H](NS(=O)(=O)c1cc2ccccc2s1)c1nncn1C. The van der Waals surface area contributed by atoms with Gasteiger partial charge in [-0.3, -0.25) is 0 Å². The fourth-order valence-electron chi connectivity index (χ4n) is 2.12. The molecule has 0 spiro atoms. The highest BCUT2D eigenvalue weighted by Crippen LogP contribution is 2.29. The predicted molar refractivity (Wildman–Crippen MR) is 81.6 cm³/mol. The van der Waals surface area contributed by atoms with Crippen LogP contribution in [0.1, 0.15) is 18.8 Å². The first kappa shape index (κ1) is 14.2. The Morgan fingerprint density at radius 2 is 2.10 bits per heavy atom. The van der Waals surface area contributed by atoms with Gasteiger partial charge < -0.3 is 4.57 Å². The molecule has 0 unspecified atom stereocenters. The summed E-state index contributed by atoms with van der Waals surface area (Å²) in [5.41, 5.74) is 0. The summed E-state index contributed by atoms with van der Waals surface area (Å²) in [5, 5.41) is 8.61. The smallest absolute Gasteiger partial charge is 0.250 e. The molecular weight excluding hydrogens is 308 g/mol. The van der Waals surface area contributed by atoms with E-state index in [9.17, 15) is 8.42 Å². The molecule has 1 N–H and O–H groups in total. The average molecular weight is 322 g/mol. The van der Waals surface area contributed by atoms with Crippen molar-refractivity contribution in [3.8, 4) is 0 Å². The molecule has 0 bridgehead atoms. The van der Waals surface area contributed by atoms with Crippen LogP contribution >= 0.6 is 11.3 Å². The lowest BCUT2D eigenvalue weighted by Crippen LogP contribution is -2.28. The molecule has 3 aromatic rings. The highest BCUT2D eigenvalue weighted by Gasteiger charge is 2.22. The normalized spacial score (nSPS) is 13.6. The molecule has 8 heteroatoms. The van der Waals surface area contributed by atoms with E-state index in [0.29, 0.717) is 10.0 Å². The molecule has 0 aliphatic heterocycles. The molecule has 1 atom stereocenters. The molecule has 0 radical (unpaired) electrons. The molecule has 0 aliphatic carbocycles. The lowest BCUT2D eigenvalue weighted by atomic mass is 10.3. The minimum atomic E-state index is -3.58. The Kier molecular flexibility index (Phi) is 3.52. The number of aryl methyl sites for hydroxylation is 1. The lowest BCUT2D eigenvalue weighted by Gasteiger charge is -2.12. The van der Waals surface area contributed by atoms with Gasteiger partial charge in [-0.1, -0.05) is 18.2 Å². The fourth-order valence-corrected chi connectivity index (χ4v) is 4.73. The fraction of sp³-hybridized carbons (Fsp3) is 0.231. The van der Waals surface area contributed by atoms with Gasteiger partial charge in [-0.25, -0.2) is 13.1 Å². The second kappa shape index (κ2) is 5.21. The van der Waals surface area contributed by atoms with E-state index in [4.69, 9.17) is 0 Å². The van der Waals surface area contributed by atoms with Crippen molar-refractivity contribution >= 4 is 31.4 Å². The predicted octanol–water partition coefficient (Wildman–Crippen LogP) is 2.07. The number of aromatic nitrogens is 3. The van der Waals surface area contributed by atoms with Crippen LogP contribution in [0.25, 0.3) is 10.1 Å². The summed E-state index contributed by atoms with van der Waals surface area (Å²) >= 11 is 1.25. The lowest BCUT2D eigenvalue weighted by molar-refractivity contribution is 0.555. The topological polar surface area (TPSA) is 76.9 Å². The van der Waals surface area contributed by atoms with Crippen LogP contribution in [0.15, 0.2) is 40.9 Å². The van der Waals surface area contributed by atoms with Crippen molar-refractivity contribution in [1.82, 2.24) is 19.5 Å². The highest BCUT2D eigenvalue weighted by atomic mass is 32.2. The molecule has 1 aromatic carbocycles. The van der Waals surface area contributed by atoms with Crippen LogP contribution in [0.2, 0.25) is 0 Å². The highest BCUT2D eigenvalue weighted by molar-refractivity contribution is 7.91. The van der Waals surface area contributed by atoms with Crippen LogP contribution < -0.4 is 4.72 Å². The van der Waals surface area contributed by atoms with Crippen LogP contribution in [0, 0.1) is 0 Å². The third-order valence-corrected chi connectivity index (χ3v) is 6.26. The number of nitrogens with zero attached hydrogens (tertiary/aromatic N) is 3. The molecule has 0 saturated heterocycles. The molecule has 3 rings (SSSR count). The van der Waals surface area contributed by atoms with E-state index in [1.165, 1.54) is 11.3 Å². The molecule has 2 heterocycles. The minimum absolute atomic E-state index is 0.303. The number of nitrogens with one attached hydrogen (secondary N) is 1. The molecule has 0 amide bonds. The molecule has 110 valence electrons. The van der Waals surface area contributed by atoms with Gasteiger partial charge >= 0.3 is 0 Å². The Labute approximate surface area is 126 Å². The largest absolute Gasteiger partial charge is 0.319 e. The summed E-state index contributed by atoms with van der Waals surface area (Å²) in [4.78, 5) is 0. The van der Waals surface area contributed by atoms with E-state index in [2.05, 4.69) is 14.9 Å². The molecule has 21 heavy (non-hydrogen) atoms. The van der Waals surface area contributed by atoms with Gasteiger partial charge in [0.05, 0.1) is 6.04 Å². The first-order chi connectivity index (χ1) is 9.97. The third-order valence-electron chi connectivity index (χ3n) is 3.13. The zero-order valence-electron chi connectivity index (χ0n) is 11.5. The summed E-state index contributed by atoms with van der Waals surface area (Å²) < 4.78 is 30.5. The van der Waals surface area contributed by atoms with Crippen LogP contribution in [-0.4, -0.2) is 23.2 Å². The number of rotatable bonds is 4. The van der Waals surface area contributed by atoms with Gasteiger partial charge in [0, 0.05) is 11.7 Å². The van der Waals surface area contributed by atoms with Gasteiger partial charge in [-0.2, -0.15) is 0 Å². The number of fused-ring (bicyclic) bond motifs is 1. The van der Waals surface area contributed by atoms with E-state index in [0.717, 1.165) is 10.1 Å². The summed E-state index contributed by atoms with van der Waals surface area (Å²) in [6.07, 6.45) is 1.54. The van der Waals surface area contributed by atoms with Crippen LogP contribution in [0.4, 0.5) is 0 Å². The standard InChI is InChI=1S/C13H14N4O2S2/c1-9(13-15-14-8-17(13)2)16-21(18,19)12-7-10-5-3-4-6-11(10)20-12/h3-9,16H,1-2H3/t9-/m1/s1. The molecule has 0 aliphatic rings. The Balaban J connectivity index is 1.91. The van der Waals surface area contributed by atoms with Gasteiger partial charge in [-0.05, 0) is 24.4 Å². The van der Waals surface area contributed by atoms with Gasteiger partial charge in [0.15, 0.2) is 0 Å². The van der Waals surface area contributed by atoms with Crippen molar-refractivity contribution in [2.24, 2.45) is 7.05 Å². The van der Waals surface area contributed by atoms with E-state index < -0.39 is 16.1 Å². The Morgan fingerprint density at radius 1 is 1.33 bits per heavy atom. The van der Waals surface area contributed by atoms with Gasteiger partial charge in [-0.15, -0.1) is 21.5 Å². The summed E-state index contributed by atoms with van der Waals surface area (Å²) in [6.45, 7) is 1.74. The van der Waals surface area contributed by atoms with E-state index >= 15 is 0 Å². The minimum Gasteiger partial charge on any atom is -0.319 e. The Bertz CT molecular complexity index is 849. The zero-order chi connectivity index (χ0) is 15.0. The second-order valence-electron chi connectivity index (χ2n) is 4.75. The molecular formula is C13H14N4O2S2. The van der Waals surface area contributed by atoms with Gasteiger partial charge in [0.25, 0.3) is 10.0 Å². The summed E-state index contributed by atoms with van der Waals surface area (Å²) in [5.74, 6) is 0.569. The number of thiophene rings is 1. The maximum absolute atomic E-state index is 12.5. The number of sulfonamides is 1. The summed E-state index contributed by atoms with van der Waals surface area (Å²) in [6, 6.07) is 8.83. The van der Waals surface area contributed by atoms with Crippen LogP contribution in [0.5, 0.6) is 0 Å². The maximum Gasteiger partial charge on any atom is 0.250 e. The quantitative estimate of drug-likeness (QED) is 0.798. The van der Waals surface area contributed by atoms with Crippen LogP contribution in [0.3, 0.4) is 0 Å². The molecule has 2 aromatic heterocycles.